The molecule has 0 bridgehead atoms. The van der Waals surface area contributed by atoms with Gasteiger partial charge in [-0.25, -0.2) is 4.79 Å². The molecule has 0 radical (unpaired) electrons. The molecule has 1 fully saturated rings. The molecule has 1 atom stereocenters. The molecule has 0 aliphatic carbocycles. The Bertz CT molecular complexity index is 600. The predicted molar refractivity (Wildman–Crippen MR) is 88.4 cm³/mol. The number of amides is 3. The van der Waals surface area contributed by atoms with Crippen molar-refractivity contribution in [2.75, 3.05) is 20.7 Å². The van der Waals surface area contributed by atoms with E-state index in [4.69, 9.17) is 4.74 Å². The molecule has 2 rings (SSSR count). The Kier molecular flexibility index (Phi) is 6.17. The molecule has 1 aliphatic heterocycles. The van der Waals surface area contributed by atoms with Crippen molar-refractivity contribution in [1.82, 2.24) is 15.5 Å². The van der Waals surface area contributed by atoms with Crippen molar-refractivity contribution in [3.05, 3.63) is 35.4 Å². The van der Waals surface area contributed by atoms with Crippen molar-refractivity contribution >= 4 is 17.9 Å². The number of likely N-dealkylation sites (tertiary alicyclic amines) is 1. The van der Waals surface area contributed by atoms with Crippen LogP contribution in [-0.2, 0) is 16.1 Å². The van der Waals surface area contributed by atoms with Gasteiger partial charge in [0.25, 0.3) is 5.91 Å². The molecule has 0 spiro atoms. The summed E-state index contributed by atoms with van der Waals surface area (Å²) in [6.07, 6.45) is 1.95. The predicted octanol–water partition coefficient (Wildman–Crippen LogP) is 1.28. The van der Waals surface area contributed by atoms with Crippen LogP contribution in [0.1, 0.15) is 35.2 Å². The van der Waals surface area contributed by atoms with Crippen LogP contribution in [0.2, 0.25) is 0 Å². The zero-order valence-corrected chi connectivity index (χ0v) is 14.0. The molecule has 130 valence electrons. The second-order valence-corrected chi connectivity index (χ2v) is 5.67. The normalized spacial score (nSPS) is 17.1. The molecule has 1 aliphatic rings. The smallest absolute Gasteiger partial charge is 0.410 e. The molecule has 7 nitrogen and oxygen atoms in total. The summed E-state index contributed by atoms with van der Waals surface area (Å²) >= 11 is 0. The quantitative estimate of drug-likeness (QED) is 0.869. The third-order valence-electron chi connectivity index (χ3n) is 4.12. The molecule has 0 aromatic heterocycles. The van der Waals surface area contributed by atoms with Crippen LogP contribution in [0.25, 0.3) is 0 Å². The summed E-state index contributed by atoms with van der Waals surface area (Å²) in [5, 5.41) is 5.41. The average Bonchev–Trinajstić information content (AvgIpc) is 2.65. The van der Waals surface area contributed by atoms with E-state index in [0.29, 0.717) is 25.1 Å². The van der Waals surface area contributed by atoms with Crippen molar-refractivity contribution in [2.24, 2.45) is 0 Å². The van der Waals surface area contributed by atoms with Crippen LogP contribution < -0.4 is 10.6 Å². The minimum absolute atomic E-state index is 0.151. The summed E-state index contributed by atoms with van der Waals surface area (Å²) in [4.78, 5) is 37.1. The Morgan fingerprint density at radius 2 is 1.92 bits per heavy atom. The zero-order chi connectivity index (χ0) is 17.5. The second-order valence-electron chi connectivity index (χ2n) is 5.67. The number of rotatable bonds is 4. The first-order chi connectivity index (χ1) is 11.6. The van der Waals surface area contributed by atoms with E-state index in [-0.39, 0.29) is 11.8 Å². The summed E-state index contributed by atoms with van der Waals surface area (Å²) in [6, 6.07) is 6.52. The fraction of sp³-hybridized carbons (Fsp3) is 0.471. The van der Waals surface area contributed by atoms with Gasteiger partial charge in [0.1, 0.15) is 6.04 Å². The van der Waals surface area contributed by atoms with Crippen molar-refractivity contribution < 1.29 is 19.1 Å². The molecule has 1 saturated heterocycles. The highest BCUT2D eigenvalue weighted by molar-refractivity contribution is 5.94. The number of methoxy groups -OCH3 is 1. The van der Waals surface area contributed by atoms with E-state index in [1.54, 1.807) is 31.3 Å². The fourth-order valence-electron chi connectivity index (χ4n) is 2.77. The number of benzene rings is 1. The van der Waals surface area contributed by atoms with Gasteiger partial charge in [-0.15, -0.1) is 0 Å². The Labute approximate surface area is 141 Å². The monoisotopic (exact) mass is 333 g/mol. The lowest BCUT2D eigenvalue weighted by Gasteiger charge is -2.33. The first-order valence-corrected chi connectivity index (χ1v) is 8.00. The van der Waals surface area contributed by atoms with E-state index < -0.39 is 12.1 Å². The van der Waals surface area contributed by atoms with Gasteiger partial charge in [0.2, 0.25) is 5.91 Å². The Morgan fingerprint density at radius 3 is 2.54 bits per heavy atom. The topological polar surface area (TPSA) is 87.7 Å². The number of carbonyl (C=O) groups is 3. The number of nitrogens with zero attached hydrogens (tertiary/aromatic N) is 1. The highest BCUT2D eigenvalue weighted by atomic mass is 16.5. The third kappa shape index (κ3) is 4.24. The van der Waals surface area contributed by atoms with E-state index in [2.05, 4.69) is 10.6 Å². The van der Waals surface area contributed by atoms with Crippen LogP contribution in [0.5, 0.6) is 0 Å². The highest BCUT2D eigenvalue weighted by Gasteiger charge is 2.32. The molecule has 0 unspecified atom stereocenters. The SMILES string of the molecule is CNC(=O)c1ccc(CNC(=O)[C@@H]2CCCCN2C(=O)OC)cc1. The minimum Gasteiger partial charge on any atom is -0.453 e. The number of carbonyl (C=O) groups excluding carboxylic acids is 3. The van der Waals surface area contributed by atoms with Gasteiger partial charge < -0.3 is 15.4 Å². The zero-order valence-electron chi connectivity index (χ0n) is 14.0. The molecule has 0 saturated carbocycles. The molecule has 1 aromatic rings. The van der Waals surface area contributed by atoms with Gasteiger partial charge >= 0.3 is 6.09 Å². The molecule has 3 amide bonds. The molecule has 1 heterocycles. The van der Waals surface area contributed by atoms with Crippen molar-refractivity contribution in [2.45, 2.75) is 31.8 Å². The van der Waals surface area contributed by atoms with E-state index in [9.17, 15) is 14.4 Å². The van der Waals surface area contributed by atoms with Crippen LogP contribution >= 0.6 is 0 Å². The van der Waals surface area contributed by atoms with Crippen LogP contribution in [0, 0.1) is 0 Å². The summed E-state index contributed by atoms with van der Waals surface area (Å²) in [5.74, 6) is -0.336. The minimum atomic E-state index is -0.489. The number of ether oxygens (including phenoxy) is 1. The van der Waals surface area contributed by atoms with Gasteiger partial charge in [-0.3, -0.25) is 14.5 Å². The van der Waals surface area contributed by atoms with Crippen LogP contribution in [0.4, 0.5) is 4.79 Å². The number of hydrogen-bond acceptors (Lipinski definition) is 4. The number of hydrogen-bond donors (Lipinski definition) is 2. The van der Waals surface area contributed by atoms with Crippen LogP contribution in [-0.4, -0.2) is 49.6 Å². The van der Waals surface area contributed by atoms with Gasteiger partial charge in [0, 0.05) is 25.7 Å². The standard InChI is InChI=1S/C17H23N3O4/c1-18-15(21)13-8-6-12(7-9-13)11-19-16(22)14-5-3-4-10-20(14)17(23)24-2/h6-9,14H,3-5,10-11H2,1-2H3,(H,18,21)(H,19,22)/t14-/m0/s1. The molecular weight excluding hydrogens is 310 g/mol. The molecule has 7 heteroatoms. The van der Waals surface area contributed by atoms with Crippen molar-refractivity contribution in [3.63, 3.8) is 0 Å². The van der Waals surface area contributed by atoms with Crippen molar-refractivity contribution in [1.29, 1.82) is 0 Å². The molecular formula is C17H23N3O4. The first-order valence-electron chi connectivity index (χ1n) is 8.00. The van der Waals surface area contributed by atoms with Gasteiger partial charge in [0.15, 0.2) is 0 Å². The Balaban J connectivity index is 1.94. The lowest BCUT2D eigenvalue weighted by atomic mass is 10.0. The van der Waals surface area contributed by atoms with E-state index >= 15 is 0 Å². The second kappa shape index (κ2) is 8.33. The maximum atomic E-state index is 12.4. The third-order valence-corrected chi connectivity index (χ3v) is 4.12. The lowest BCUT2D eigenvalue weighted by molar-refractivity contribution is -0.127. The summed E-state index contributed by atoms with van der Waals surface area (Å²) < 4.78 is 4.75. The largest absolute Gasteiger partial charge is 0.453 e. The van der Waals surface area contributed by atoms with Gasteiger partial charge in [-0.2, -0.15) is 0 Å². The Morgan fingerprint density at radius 1 is 1.21 bits per heavy atom. The maximum absolute atomic E-state index is 12.4. The number of piperidine rings is 1. The summed E-state index contributed by atoms with van der Waals surface area (Å²) in [7, 11) is 2.90. The van der Waals surface area contributed by atoms with Crippen LogP contribution in [0.3, 0.4) is 0 Å². The molecule has 2 N–H and O–H groups in total. The maximum Gasteiger partial charge on any atom is 0.410 e. The van der Waals surface area contributed by atoms with Gasteiger partial charge in [0.05, 0.1) is 7.11 Å². The number of nitrogens with one attached hydrogen (secondary N) is 2. The van der Waals surface area contributed by atoms with Crippen LogP contribution in [0.15, 0.2) is 24.3 Å². The highest BCUT2D eigenvalue weighted by Crippen LogP contribution is 2.18. The molecule has 1 aromatic carbocycles. The van der Waals surface area contributed by atoms with Crippen molar-refractivity contribution in [3.8, 4) is 0 Å². The van der Waals surface area contributed by atoms with E-state index in [1.807, 2.05) is 0 Å². The van der Waals surface area contributed by atoms with E-state index in [0.717, 1.165) is 18.4 Å². The van der Waals surface area contributed by atoms with Gasteiger partial charge in [-0.1, -0.05) is 12.1 Å². The van der Waals surface area contributed by atoms with Gasteiger partial charge in [-0.05, 0) is 37.0 Å². The Hall–Kier alpha value is -2.57. The first kappa shape index (κ1) is 17.8. The lowest BCUT2D eigenvalue weighted by Crippen LogP contribution is -2.51. The average molecular weight is 333 g/mol. The molecule has 24 heavy (non-hydrogen) atoms. The fourth-order valence-corrected chi connectivity index (χ4v) is 2.77. The summed E-state index contributed by atoms with van der Waals surface area (Å²) in [6.45, 7) is 0.879. The summed E-state index contributed by atoms with van der Waals surface area (Å²) in [5.41, 5.74) is 1.45. The van der Waals surface area contributed by atoms with E-state index in [1.165, 1.54) is 12.0 Å².